The average molecular weight is 681 g/mol. The van der Waals surface area contributed by atoms with Crippen molar-refractivity contribution in [2.45, 2.75) is 26.6 Å². The van der Waals surface area contributed by atoms with E-state index in [1.54, 1.807) is 6.66 Å². The molecule has 50 heavy (non-hydrogen) atoms. The summed E-state index contributed by atoms with van der Waals surface area (Å²) in [6.45, 7) is 6.11. The molecule has 1 atom stereocenters. The summed E-state index contributed by atoms with van der Waals surface area (Å²) in [5.41, 5.74) is 8.74. The monoisotopic (exact) mass is 680 g/mol. The summed E-state index contributed by atoms with van der Waals surface area (Å²) >= 11 is 0. The Bertz CT molecular complexity index is 2260. The minimum absolute atomic E-state index is 0.476. The number of rotatable bonds is 12. The highest BCUT2D eigenvalue weighted by Crippen LogP contribution is 2.41. The van der Waals surface area contributed by atoms with Crippen LogP contribution in [0.5, 0.6) is 0 Å². The first-order valence-electron chi connectivity index (χ1n) is 16.9. The minimum atomic E-state index is -2.54. The molecule has 0 fully saturated rings. The Morgan fingerprint density at radius 3 is 1.74 bits per heavy atom. The lowest BCUT2D eigenvalue weighted by molar-refractivity contribution is -0.692. The van der Waals surface area contributed by atoms with Gasteiger partial charge in [-0.1, -0.05) is 12.1 Å². The third-order valence-electron chi connectivity index (χ3n) is 8.77. The second-order valence-corrected chi connectivity index (χ2v) is 15.2. The third-order valence-corrected chi connectivity index (χ3v) is 10.6. The number of hydrogen-bond acceptors (Lipinski definition) is 4. The van der Waals surface area contributed by atoms with E-state index in [0.717, 1.165) is 50.2 Å². The van der Waals surface area contributed by atoms with Crippen LogP contribution in [0.15, 0.2) is 153 Å². The zero-order chi connectivity index (χ0) is 34.3. The second-order valence-electron chi connectivity index (χ2n) is 12.5. The van der Waals surface area contributed by atoms with Crippen LogP contribution in [0, 0.1) is 0 Å². The quantitative estimate of drug-likeness (QED) is 0.115. The molecule has 7 rings (SSSR count). The highest BCUT2D eigenvalue weighted by molar-refractivity contribution is 7.58. The van der Waals surface area contributed by atoms with Crippen molar-refractivity contribution < 1.29 is 27.4 Å². The number of fused-ring (bicyclic) bond motifs is 1. The van der Waals surface area contributed by atoms with E-state index >= 15 is 0 Å². The Hall–Kier alpha value is -5.43. The van der Waals surface area contributed by atoms with Crippen molar-refractivity contribution in [3.05, 3.63) is 164 Å². The number of pyridine rings is 6. The summed E-state index contributed by atoms with van der Waals surface area (Å²) in [6.07, 6.45) is 19.0. The summed E-state index contributed by atoms with van der Waals surface area (Å²) < 4.78 is 26.3. The van der Waals surface area contributed by atoms with Crippen molar-refractivity contribution in [1.29, 1.82) is 0 Å². The van der Waals surface area contributed by atoms with Gasteiger partial charge in [0.2, 0.25) is 13.1 Å². The maximum atomic E-state index is 12.4. The maximum absolute atomic E-state index is 12.4. The fourth-order valence-corrected chi connectivity index (χ4v) is 7.31. The van der Waals surface area contributed by atoms with Gasteiger partial charge in [0.15, 0.2) is 69.2 Å². The zero-order valence-electron chi connectivity index (χ0n) is 28.4. The summed E-state index contributed by atoms with van der Waals surface area (Å²) in [4.78, 5) is 9.38. The first kappa shape index (κ1) is 33.1. The van der Waals surface area contributed by atoms with Gasteiger partial charge in [0.05, 0.1) is 18.3 Å². The molecule has 0 amide bonds. The molecular formula is C41H41N6O2P+4. The topological polar surface area (TPSA) is 67.6 Å². The molecule has 0 spiro atoms. The highest BCUT2D eigenvalue weighted by atomic mass is 31.2. The summed E-state index contributed by atoms with van der Waals surface area (Å²) in [7, 11) is -2.54. The van der Waals surface area contributed by atoms with Crippen molar-refractivity contribution in [2.24, 2.45) is 0 Å². The maximum Gasteiger partial charge on any atom is 0.211 e. The van der Waals surface area contributed by atoms with Crippen LogP contribution < -0.4 is 18.3 Å². The summed E-state index contributed by atoms with van der Waals surface area (Å²) in [5.74, 6) is 0. The Morgan fingerprint density at radius 2 is 1.18 bits per heavy atom. The van der Waals surface area contributed by atoms with Gasteiger partial charge in [-0.2, -0.15) is 13.7 Å². The standard InChI is InChI=1S/C41H41N6O2P/c1-3-49-50(2,48)29-28-44-20-11-33(12-21-44)34-13-22-45(23-14-34)31-38-7-4-8-39(43-38)32-46-24-15-35(16-25-46)36-17-26-47(27-18-36)40-9-10-41-37(30-40)6-5-19-42-41/h4-27,30H,3,28-29,31-32H2,1-2H3/q+4. The molecule has 7 aromatic rings. The Kier molecular flexibility index (Phi) is 9.92. The van der Waals surface area contributed by atoms with Crippen LogP contribution in [0.25, 0.3) is 38.8 Å². The normalized spacial score (nSPS) is 12.5. The van der Waals surface area contributed by atoms with Gasteiger partial charge in [-0.3, -0.25) is 9.55 Å². The van der Waals surface area contributed by atoms with Crippen LogP contribution >= 0.6 is 7.37 Å². The number of hydrogen-bond donors (Lipinski definition) is 0. The summed E-state index contributed by atoms with van der Waals surface area (Å²) in [6, 6.07) is 33.7. The molecule has 0 bridgehead atoms. The van der Waals surface area contributed by atoms with Gasteiger partial charge >= 0.3 is 0 Å². The lowest BCUT2D eigenvalue weighted by Gasteiger charge is -2.10. The Balaban J connectivity index is 0.949. The fraction of sp³-hybridized carbons (Fsp3) is 0.171. The van der Waals surface area contributed by atoms with Gasteiger partial charge in [-0.05, 0) is 53.4 Å². The SMILES string of the molecule is CCOP(C)(=O)CC[n+]1ccc(-c2cc[n+](Cc3cccc(C[n+]4ccc(-c5cc[n+](-c6ccc7ncccc7c6)cc5)cc4)n3)cc2)cc1. The molecule has 0 radical (unpaired) electrons. The summed E-state index contributed by atoms with van der Waals surface area (Å²) in [5, 5.41) is 1.13. The molecule has 1 unspecified atom stereocenters. The van der Waals surface area contributed by atoms with E-state index in [1.807, 2.05) is 31.6 Å². The lowest BCUT2D eigenvalue weighted by Crippen LogP contribution is -2.35. The first-order valence-corrected chi connectivity index (χ1v) is 19.2. The number of aryl methyl sites for hydroxylation is 1. The molecule has 6 aromatic heterocycles. The van der Waals surface area contributed by atoms with Gasteiger partial charge in [0, 0.05) is 78.9 Å². The molecule has 0 N–H and O–H groups in total. The zero-order valence-corrected chi connectivity index (χ0v) is 29.3. The van der Waals surface area contributed by atoms with Gasteiger partial charge in [-0.15, -0.1) is 0 Å². The van der Waals surface area contributed by atoms with Crippen LogP contribution in [-0.4, -0.2) is 29.4 Å². The smallest absolute Gasteiger partial charge is 0.211 e. The van der Waals surface area contributed by atoms with E-state index in [2.05, 4.69) is 151 Å². The van der Waals surface area contributed by atoms with Crippen molar-refractivity contribution in [3.8, 4) is 27.9 Å². The highest BCUT2D eigenvalue weighted by Gasteiger charge is 2.18. The van der Waals surface area contributed by atoms with E-state index < -0.39 is 7.37 Å². The molecule has 6 heterocycles. The van der Waals surface area contributed by atoms with E-state index in [4.69, 9.17) is 9.51 Å². The average Bonchev–Trinajstić information content (AvgIpc) is 3.15. The third kappa shape index (κ3) is 8.23. The van der Waals surface area contributed by atoms with E-state index in [-0.39, 0.29) is 0 Å². The van der Waals surface area contributed by atoms with Crippen LogP contribution in [-0.2, 0) is 28.7 Å². The fourth-order valence-electron chi connectivity index (χ4n) is 6.04. The van der Waals surface area contributed by atoms with Gasteiger partial charge in [0.1, 0.15) is 11.4 Å². The van der Waals surface area contributed by atoms with Crippen LogP contribution in [0.2, 0.25) is 0 Å². The molecule has 8 nitrogen and oxygen atoms in total. The van der Waals surface area contributed by atoms with Crippen molar-refractivity contribution in [2.75, 3.05) is 19.4 Å². The first-order chi connectivity index (χ1) is 24.4. The molecule has 0 aliphatic rings. The van der Waals surface area contributed by atoms with Crippen molar-refractivity contribution in [3.63, 3.8) is 0 Å². The van der Waals surface area contributed by atoms with Gasteiger partial charge < -0.3 is 4.52 Å². The minimum Gasteiger partial charge on any atom is -0.329 e. The van der Waals surface area contributed by atoms with Gasteiger partial charge in [-0.25, -0.2) is 9.55 Å². The molecule has 0 saturated heterocycles. The number of benzene rings is 1. The van der Waals surface area contributed by atoms with E-state index in [9.17, 15) is 4.57 Å². The molecule has 9 heteroatoms. The molecular weight excluding hydrogens is 639 g/mol. The lowest BCUT2D eigenvalue weighted by atomic mass is 10.1. The Labute approximate surface area is 293 Å². The van der Waals surface area contributed by atoms with Crippen LogP contribution in [0.4, 0.5) is 0 Å². The van der Waals surface area contributed by atoms with Crippen molar-refractivity contribution in [1.82, 2.24) is 9.97 Å². The number of aromatic nitrogens is 6. The molecule has 1 aromatic carbocycles. The van der Waals surface area contributed by atoms with Gasteiger partial charge in [0.25, 0.3) is 0 Å². The predicted molar refractivity (Wildman–Crippen MR) is 194 cm³/mol. The number of nitrogens with zero attached hydrogens (tertiary/aromatic N) is 6. The van der Waals surface area contributed by atoms with Crippen LogP contribution in [0.3, 0.4) is 0 Å². The molecule has 248 valence electrons. The van der Waals surface area contributed by atoms with E-state index in [0.29, 0.717) is 32.4 Å². The molecule has 0 saturated carbocycles. The van der Waals surface area contributed by atoms with Crippen LogP contribution in [0.1, 0.15) is 18.3 Å². The molecule has 0 aliphatic carbocycles. The Morgan fingerprint density at radius 1 is 0.640 bits per heavy atom. The van der Waals surface area contributed by atoms with Crippen molar-refractivity contribution >= 4 is 18.3 Å². The second kappa shape index (κ2) is 15.0. The van der Waals surface area contributed by atoms with E-state index in [1.165, 1.54) is 0 Å². The largest absolute Gasteiger partial charge is 0.329 e. The molecule has 0 aliphatic heterocycles. The predicted octanol–water partition coefficient (Wildman–Crippen LogP) is 6.14.